The quantitative estimate of drug-likeness (QED) is 0.560. The van der Waals surface area contributed by atoms with Crippen molar-refractivity contribution in [1.29, 1.82) is 5.39 Å². The zero-order valence-electron chi connectivity index (χ0n) is 10.0. The van der Waals surface area contributed by atoms with E-state index >= 15 is 0 Å². The molecular formula is C11H16N3O3+. The van der Waals surface area contributed by atoms with Gasteiger partial charge in [-0.1, -0.05) is 13.3 Å². The minimum Gasteiger partial charge on any atom is -0.490 e. The van der Waals surface area contributed by atoms with E-state index in [0.717, 1.165) is 12.8 Å². The molecule has 0 aliphatic heterocycles. The van der Waals surface area contributed by atoms with Gasteiger partial charge in [0, 0.05) is 6.07 Å². The molecule has 1 heterocycles. The second kappa shape index (κ2) is 6.53. The predicted molar refractivity (Wildman–Crippen MR) is 61.9 cm³/mol. The van der Waals surface area contributed by atoms with Gasteiger partial charge in [-0.3, -0.25) is 4.79 Å². The number of rotatable bonds is 6. The normalized spacial score (nSPS) is 9.71. The molecule has 92 valence electrons. The van der Waals surface area contributed by atoms with Gasteiger partial charge in [0.25, 0.3) is 5.39 Å². The molecule has 1 rings (SSSR count). The largest absolute Gasteiger partial charge is 0.490 e. The van der Waals surface area contributed by atoms with Crippen LogP contribution >= 0.6 is 0 Å². The number of hydrogen-bond donors (Lipinski definition) is 0. The van der Waals surface area contributed by atoms with Crippen LogP contribution in [0.1, 0.15) is 25.5 Å². The molecule has 0 aliphatic carbocycles. The fraction of sp³-hybridized carbons (Fsp3) is 0.545. The molecule has 6 heteroatoms. The molecule has 0 saturated heterocycles. The Labute approximate surface area is 99.4 Å². The van der Waals surface area contributed by atoms with Crippen LogP contribution in [-0.2, 0) is 6.54 Å². The van der Waals surface area contributed by atoms with Crippen molar-refractivity contribution < 1.29 is 9.15 Å². The van der Waals surface area contributed by atoms with Crippen LogP contribution in [0.5, 0.6) is 5.75 Å². The number of diazo groups is 1. The lowest BCUT2D eigenvalue weighted by Gasteiger charge is -2.04. The van der Waals surface area contributed by atoms with Crippen molar-refractivity contribution in [1.82, 2.24) is 5.01 Å². The number of ether oxygens (including phenoxy) is 1. The van der Waals surface area contributed by atoms with Gasteiger partial charge in [-0.2, -0.15) is 0 Å². The minimum atomic E-state index is -0.248. The molecule has 0 bridgehead atoms. The highest BCUT2D eigenvalue weighted by atomic mass is 16.5. The molecule has 0 spiro atoms. The third kappa shape index (κ3) is 3.79. The van der Waals surface area contributed by atoms with Crippen molar-refractivity contribution in [2.75, 3.05) is 13.7 Å². The van der Waals surface area contributed by atoms with E-state index in [1.807, 2.05) is 6.92 Å². The molecule has 0 unspecified atom stereocenters. The molecule has 0 atom stereocenters. The Hall–Kier alpha value is -2.03. The van der Waals surface area contributed by atoms with Gasteiger partial charge in [-0.25, -0.2) is 0 Å². The van der Waals surface area contributed by atoms with Crippen LogP contribution in [0.2, 0.25) is 0 Å². The molecule has 0 saturated carbocycles. The van der Waals surface area contributed by atoms with E-state index in [0.29, 0.717) is 12.3 Å². The summed E-state index contributed by atoms with van der Waals surface area (Å²) in [6.45, 7) is 2.92. The molecule has 1 aromatic rings. The lowest BCUT2D eigenvalue weighted by molar-refractivity contribution is 0.302. The van der Waals surface area contributed by atoms with E-state index in [2.05, 4.69) is 5.08 Å². The van der Waals surface area contributed by atoms with Crippen LogP contribution in [0.25, 0.3) is 5.08 Å². The summed E-state index contributed by atoms with van der Waals surface area (Å²) in [5.41, 5.74) is -0.248. The van der Waals surface area contributed by atoms with Gasteiger partial charge >= 0.3 is 5.08 Å². The van der Waals surface area contributed by atoms with Crippen molar-refractivity contribution in [3.8, 4) is 5.75 Å². The first-order valence-corrected chi connectivity index (χ1v) is 5.47. The fourth-order valence-electron chi connectivity index (χ4n) is 1.35. The van der Waals surface area contributed by atoms with Crippen LogP contribution in [-0.4, -0.2) is 18.7 Å². The van der Waals surface area contributed by atoms with Crippen molar-refractivity contribution in [2.24, 2.45) is 0 Å². The topological polar surface area (TPSA) is 70.8 Å². The summed E-state index contributed by atoms with van der Waals surface area (Å²) in [6, 6.07) is 1.34. The predicted octanol–water partition coefficient (Wildman–Crippen LogP) is 2.02. The van der Waals surface area contributed by atoms with E-state index in [1.54, 1.807) is 0 Å². The first kappa shape index (κ1) is 13.0. The highest BCUT2D eigenvalue weighted by molar-refractivity contribution is 5.17. The van der Waals surface area contributed by atoms with Gasteiger partial charge in [-0.15, -0.1) is 0 Å². The van der Waals surface area contributed by atoms with E-state index in [1.165, 1.54) is 24.4 Å². The summed E-state index contributed by atoms with van der Waals surface area (Å²) in [7, 11) is 1.41. The van der Waals surface area contributed by atoms with Crippen molar-refractivity contribution >= 4 is 0 Å². The average molecular weight is 238 g/mol. The van der Waals surface area contributed by atoms with Crippen molar-refractivity contribution in [3.05, 3.63) is 33.4 Å². The van der Waals surface area contributed by atoms with Gasteiger partial charge in [-0.05, 0) is 11.4 Å². The summed E-state index contributed by atoms with van der Waals surface area (Å²) >= 11 is 0. The summed E-state index contributed by atoms with van der Waals surface area (Å²) in [6.07, 6.45) is 3.16. The fourth-order valence-corrected chi connectivity index (χ4v) is 1.35. The van der Waals surface area contributed by atoms with Gasteiger partial charge in [0.1, 0.15) is 12.0 Å². The maximum atomic E-state index is 11.5. The molecule has 0 fully saturated rings. The lowest BCUT2D eigenvalue weighted by Crippen LogP contribution is -2.17. The average Bonchev–Trinajstić information content (AvgIpc) is 2.34. The highest BCUT2D eigenvalue weighted by Gasteiger charge is 2.15. The Kier molecular flexibility index (Phi) is 5.01. The van der Waals surface area contributed by atoms with Gasteiger partial charge in [0.2, 0.25) is 11.2 Å². The molecule has 0 aromatic carbocycles. The molecule has 0 amide bonds. The zero-order valence-corrected chi connectivity index (χ0v) is 10.0. The van der Waals surface area contributed by atoms with Crippen LogP contribution in [0.4, 0.5) is 0 Å². The Morgan fingerprint density at radius 1 is 1.59 bits per heavy atom. The van der Waals surface area contributed by atoms with E-state index < -0.39 is 0 Å². The van der Waals surface area contributed by atoms with Crippen LogP contribution in [0.3, 0.4) is 0 Å². The minimum absolute atomic E-state index is 0.162. The molecule has 0 N–H and O–H groups in total. The first-order valence-electron chi connectivity index (χ1n) is 5.47. The van der Waals surface area contributed by atoms with Gasteiger partial charge in [0.15, 0.2) is 6.54 Å². The maximum Gasteiger partial charge on any atom is 0.305 e. The molecule has 0 radical (unpaired) electrons. The van der Waals surface area contributed by atoms with E-state index in [4.69, 9.17) is 14.5 Å². The Morgan fingerprint density at radius 2 is 2.35 bits per heavy atom. The molecule has 17 heavy (non-hydrogen) atoms. The first-order chi connectivity index (χ1) is 8.21. The summed E-state index contributed by atoms with van der Waals surface area (Å²) in [5.74, 6) is 0.597. The Bertz CT molecular complexity index is 450. The van der Waals surface area contributed by atoms with Crippen molar-refractivity contribution in [3.63, 3.8) is 0 Å². The monoisotopic (exact) mass is 238 g/mol. The third-order valence-electron chi connectivity index (χ3n) is 2.31. The lowest BCUT2D eigenvalue weighted by atomic mass is 10.3. The zero-order chi connectivity index (χ0) is 12.7. The molecule has 0 aliphatic rings. The van der Waals surface area contributed by atoms with Gasteiger partial charge < -0.3 is 9.15 Å². The van der Waals surface area contributed by atoms with Crippen LogP contribution in [0, 0.1) is 5.39 Å². The smallest absolute Gasteiger partial charge is 0.305 e. The Morgan fingerprint density at radius 3 is 2.88 bits per heavy atom. The number of nitrogens with zero attached hydrogens (tertiary/aromatic N) is 3. The number of unbranched alkanes of at least 4 members (excludes halogenated alkanes) is 1. The molecule has 6 nitrogen and oxygen atoms in total. The SMILES string of the molecule is CCCCN(Cc1cc(=O)c(OC)co1)[N+]#N. The summed E-state index contributed by atoms with van der Waals surface area (Å²) < 4.78 is 10.0. The van der Waals surface area contributed by atoms with Crippen LogP contribution in [0.15, 0.2) is 21.5 Å². The third-order valence-corrected chi connectivity index (χ3v) is 2.31. The molecular weight excluding hydrogens is 222 g/mol. The van der Waals surface area contributed by atoms with Crippen LogP contribution < -0.4 is 10.2 Å². The van der Waals surface area contributed by atoms with Gasteiger partial charge in [0.05, 0.1) is 13.7 Å². The second-order valence-electron chi connectivity index (χ2n) is 3.61. The van der Waals surface area contributed by atoms with Crippen molar-refractivity contribution in [2.45, 2.75) is 26.3 Å². The Balaban J connectivity index is 2.71. The standard InChI is InChI=1S/C11H16N3O3/c1-3-4-5-14(13-12)7-9-6-10(15)11(16-2)8-17-9/h6,8H,3-5,7H2,1-2H3/q+1. The number of methoxy groups -OCH3 is 1. The number of hydrogen-bond acceptors (Lipinski definition) is 5. The van der Waals surface area contributed by atoms with E-state index in [9.17, 15) is 4.79 Å². The summed E-state index contributed by atoms with van der Waals surface area (Å²) in [4.78, 5) is 11.5. The maximum absolute atomic E-state index is 11.5. The second-order valence-corrected chi connectivity index (χ2v) is 3.61. The van der Waals surface area contributed by atoms with E-state index in [-0.39, 0.29) is 17.7 Å². The molecule has 1 aromatic heterocycles. The summed E-state index contributed by atoms with van der Waals surface area (Å²) in [5, 5.41) is 13.4. The highest BCUT2D eigenvalue weighted by Crippen LogP contribution is 2.08.